The minimum absolute atomic E-state index is 0.0849. The maximum Gasteiger partial charge on any atom is 0.141 e. The molecule has 1 fully saturated rings. The number of carbonyl (C=O) groups is 1. The fourth-order valence-electron chi connectivity index (χ4n) is 4.37. The number of carbonyl (C=O) groups excluding carboxylic acids is 1. The lowest BCUT2D eigenvalue weighted by Gasteiger charge is -2.34. The van der Waals surface area contributed by atoms with Crippen LogP contribution in [0.4, 0.5) is 4.39 Å². The van der Waals surface area contributed by atoms with Crippen molar-refractivity contribution in [1.29, 1.82) is 0 Å². The highest BCUT2D eigenvalue weighted by atomic mass is 19.1. The largest absolute Gasteiger partial charge is 0.492 e. The van der Waals surface area contributed by atoms with Crippen LogP contribution in [0.15, 0.2) is 48.5 Å². The van der Waals surface area contributed by atoms with Gasteiger partial charge < -0.3 is 9.53 Å². The van der Waals surface area contributed by atoms with Gasteiger partial charge in [0.2, 0.25) is 0 Å². The van der Waals surface area contributed by atoms with E-state index in [0.29, 0.717) is 18.3 Å². The third-order valence-electron chi connectivity index (χ3n) is 5.96. The predicted molar refractivity (Wildman–Crippen MR) is 107 cm³/mol. The van der Waals surface area contributed by atoms with Gasteiger partial charge in [0, 0.05) is 19.6 Å². The van der Waals surface area contributed by atoms with Crippen LogP contribution in [0.5, 0.6) is 5.75 Å². The Bertz CT molecular complexity index is 787. The van der Waals surface area contributed by atoms with Gasteiger partial charge in [-0.05, 0) is 67.2 Å². The molecule has 2 heterocycles. The van der Waals surface area contributed by atoms with Gasteiger partial charge in [-0.3, -0.25) is 9.80 Å². The Balaban J connectivity index is 1.20. The van der Waals surface area contributed by atoms with Crippen molar-refractivity contribution in [3.63, 3.8) is 0 Å². The first-order valence-corrected chi connectivity index (χ1v) is 10.1. The van der Waals surface area contributed by atoms with Crippen LogP contribution in [0.25, 0.3) is 0 Å². The van der Waals surface area contributed by atoms with Gasteiger partial charge in [0.1, 0.15) is 24.5 Å². The van der Waals surface area contributed by atoms with Crippen molar-refractivity contribution < 1.29 is 13.9 Å². The maximum atomic E-state index is 12.9. The summed E-state index contributed by atoms with van der Waals surface area (Å²) in [6, 6.07) is 14.4. The molecule has 0 amide bonds. The molecule has 1 saturated heterocycles. The normalized spacial score (nSPS) is 20.8. The number of aldehydes is 1. The Kier molecular flexibility index (Phi) is 6.03. The Hall–Kier alpha value is -2.24. The average Bonchev–Trinajstić information content (AvgIpc) is 3.07. The summed E-state index contributed by atoms with van der Waals surface area (Å²) in [5.41, 5.74) is 2.46. The molecule has 0 saturated carbocycles. The lowest BCUT2D eigenvalue weighted by atomic mass is 9.96. The summed E-state index contributed by atoms with van der Waals surface area (Å²) in [4.78, 5) is 16.4. The van der Waals surface area contributed by atoms with Gasteiger partial charge in [-0.25, -0.2) is 4.39 Å². The molecule has 28 heavy (non-hydrogen) atoms. The van der Waals surface area contributed by atoms with E-state index in [-0.39, 0.29) is 11.9 Å². The average molecular weight is 382 g/mol. The van der Waals surface area contributed by atoms with E-state index < -0.39 is 0 Å². The zero-order valence-corrected chi connectivity index (χ0v) is 16.1. The standard InChI is InChI=1S/C23H27FN2O2/c24-20-5-7-21(8-6-20)28-14-13-25-11-9-18(10-12-25)15-26-16-19-3-1-2-4-22(19)23(26)17-27/h1-8,17-18,23H,9-16H2. The molecule has 0 bridgehead atoms. The first-order chi connectivity index (χ1) is 13.7. The molecular formula is C23H27FN2O2. The van der Waals surface area contributed by atoms with Crippen molar-refractivity contribution in [3.05, 3.63) is 65.5 Å². The number of rotatable bonds is 7. The smallest absolute Gasteiger partial charge is 0.141 e. The second kappa shape index (κ2) is 8.84. The lowest BCUT2D eigenvalue weighted by molar-refractivity contribution is -0.112. The van der Waals surface area contributed by atoms with Gasteiger partial charge in [0.15, 0.2) is 0 Å². The van der Waals surface area contributed by atoms with Crippen molar-refractivity contribution in [2.24, 2.45) is 5.92 Å². The molecule has 4 nitrogen and oxygen atoms in total. The molecule has 0 N–H and O–H groups in total. The van der Waals surface area contributed by atoms with Crippen LogP contribution in [-0.2, 0) is 11.3 Å². The highest BCUT2D eigenvalue weighted by Crippen LogP contribution is 2.33. The van der Waals surface area contributed by atoms with Crippen LogP contribution in [0.1, 0.15) is 30.0 Å². The molecular weight excluding hydrogens is 355 g/mol. The molecule has 0 spiro atoms. The lowest BCUT2D eigenvalue weighted by Crippen LogP contribution is -2.40. The Morgan fingerprint density at radius 1 is 1.07 bits per heavy atom. The van der Waals surface area contributed by atoms with E-state index in [9.17, 15) is 9.18 Å². The van der Waals surface area contributed by atoms with E-state index >= 15 is 0 Å². The van der Waals surface area contributed by atoms with Crippen LogP contribution >= 0.6 is 0 Å². The molecule has 5 heteroatoms. The number of hydrogen-bond donors (Lipinski definition) is 0. The number of hydrogen-bond acceptors (Lipinski definition) is 4. The molecule has 0 aromatic heterocycles. The number of benzene rings is 2. The second-order valence-electron chi connectivity index (χ2n) is 7.80. The summed E-state index contributed by atoms with van der Waals surface area (Å²) in [5, 5.41) is 0. The van der Waals surface area contributed by atoms with Gasteiger partial charge in [0.05, 0.1) is 6.04 Å². The third kappa shape index (κ3) is 4.42. The molecule has 2 aromatic carbocycles. The van der Waals surface area contributed by atoms with E-state index in [1.165, 1.54) is 23.3 Å². The van der Waals surface area contributed by atoms with E-state index in [4.69, 9.17) is 4.74 Å². The van der Waals surface area contributed by atoms with Crippen molar-refractivity contribution in [1.82, 2.24) is 9.80 Å². The van der Waals surface area contributed by atoms with E-state index in [1.807, 2.05) is 6.07 Å². The molecule has 1 atom stereocenters. The number of nitrogens with zero attached hydrogens (tertiary/aromatic N) is 2. The Morgan fingerprint density at radius 2 is 1.82 bits per heavy atom. The van der Waals surface area contributed by atoms with Gasteiger partial charge in [-0.2, -0.15) is 0 Å². The van der Waals surface area contributed by atoms with Crippen LogP contribution in [0, 0.1) is 11.7 Å². The molecule has 0 radical (unpaired) electrons. The highest BCUT2D eigenvalue weighted by Gasteiger charge is 2.31. The number of halogens is 1. The number of fused-ring (bicyclic) bond motifs is 1. The van der Waals surface area contributed by atoms with Gasteiger partial charge >= 0.3 is 0 Å². The van der Waals surface area contributed by atoms with Crippen LogP contribution in [0.3, 0.4) is 0 Å². The minimum Gasteiger partial charge on any atom is -0.492 e. The fourth-order valence-corrected chi connectivity index (χ4v) is 4.37. The van der Waals surface area contributed by atoms with Gasteiger partial charge in [-0.1, -0.05) is 24.3 Å². The zero-order chi connectivity index (χ0) is 19.3. The van der Waals surface area contributed by atoms with Crippen molar-refractivity contribution in [3.8, 4) is 5.75 Å². The summed E-state index contributed by atoms with van der Waals surface area (Å²) in [6.45, 7) is 5.48. The second-order valence-corrected chi connectivity index (χ2v) is 7.80. The summed E-state index contributed by atoms with van der Waals surface area (Å²) in [5.74, 6) is 1.10. The molecule has 0 aliphatic carbocycles. The maximum absolute atomic E-state index is 12.9. The Morgan fingerprint density at radius 3 is 2.57 bits per heavy atom. The predicted octanol–water partition coefficient (Wildman–Crippen LogP) is 3.67. The van der Waals surface area contributed by atoms with Crippen molar-refractivity contribution >= 4 is 6.29 Å². The summed E-state index contributed by atoms with van der Waals surface area (Å²) < 4.78 is 18.6. The number of ether oxygens (including phenoxy) is 1. The Labute approximate surface area is 165 Å². The SMILES string of the molecule is O=CC1c2ccccc2CN1CC1CCN(CCOc2ccc(F)cc2)CC1. The topological polar surface area (TPSA) is 32.8 Å². The zero-order valence-electron chi connectivity index (χ0n) is 16.1. The molecule has 2 aromatic rings. The first kappa shape index (κ1) is 19.1. The third-order valence-corrected chi connectivity index (χ3v) is 5.96. The summed E-state index contributed by atoms with van der Waals surface area (Å²) >= 11 is 0. The van der Waals surface area contributed by atoms with Crippen LogP contribution < -0.4 is 4.74 Å². The quantitative estimate of drug-likeness (QED) is 0.684. The van der Waals surface area contributed by atoms with Crippen molar-refractivity contribution in [2.45, 2.75) is 25.4 Å². The van der Waals surface area contributed by atoms with Gasteiger partial charge in [0.25, 0.3) is 0 Å². The van der Waals surface area contributed by atoms with E-state index in [2.05, 4.69) is 28.0 Å². The molecule has 2 aliphatic rings. The first-order valence-electron chi connectivity index (χ1n) is 10.1. The van der Waals surface area contributed by atoms with Gasteiger partial charge in [-0.15, -0.1) is 0 Å². The van der Waals surface area contributed by atoms with Crippen LogP contribution in [-0.4, -0.2) is 48.9 Å². The minimum atomic E-state index is -0.243. The van der Waals surface area contributed by atoms with Crippen LogP contribution in [0.2, 0.25) is 0 Å². The van der Waals surface area contributed by atoms with E-state index in [1.54, 1.807) is 12.1 Å². The summed E-state index contributed by atoms with van der Waals surface area (Å²) in [7, 11) is 0. The highest BCUT2D eigenvalue weighted by molar-refractivity contribution is 5.64. The monoisotopic (exact) mass is 382 g/mol. The van der Waals surface area contributed by atoms with E-state index in [0.717, 1.165) is 51.9 Å². The molecule has 1 unspecified atom stereocenters. The number of likely N-dealkylation sites (tertiary alicyclic amines) is 1. The summed E-state index contributed by atoms with van der Waals surface area (Å²) in [6.07, 6.45) is 3.39. The molecule has 4 rings (SSSR count). The fraction of sp³-hybridized carbons (Fsp3) is 0.435. The van der Waals surface area contributed by atoms with Crippen molar-refractivity contribution in [2.75, 3.05) is 32.8 Å². The number of piperidine rings is 1. The molecule has 148 valence electrons. The molecule has 2 aliphatic heterocycles.